The zero-order valence-corrected chi connectivity index (χ0v) is 16.1. The standard InChI is InChI=1S/C21H25NO5/c1-13-5-6-18(26-4)16(9-13)7-8-22-21(25)17-10-14(2)20(15(3)11-17)27-12-19(23)24/h5-6,9-11H,7-8,12H2,1-4H3,(H,22,25)(H,23,24). The van der Waals surface area contributed by atoms with Gasteiger partial charge in [-0.05, 0) is 62.1 Å². The fourth-order valence-electron chi connectivity index (χ4n) is 2.96. The summed E-state index contributed by atoms with van der Waals surface area (Å²) in [7, 11) is 1.63. The zero-order valence-electron chi connectivity index (χ0n) is 16.1. The lowest BCUT2D eigenvalue weighted by Crippen LogP contribution is -2.26. The van der Waals surface area contributed by atoms with Gasteiger partial charge in [-0.15, -0.1) is 0 Å². The van der Waals surface area contributed by atoms with E-state index in [9.17, 15) is 9.59 Å². The number of hydrogen-bond acceptors (Lipinski definition) is 4. The van der Waals surface area contributed by atoms with Crippen molar-refractivity contribution < 1.29 is 24.2 Å². The number of amides is 1. The van der Waals surface area contributed by atoms with Crippen molar-refractivity contribution in [3.8, 4) is 11.5 Å². The molecule has 27 heavy (non-hydrogen) atoms. The van der Waals surface area contributed by atoms with Crippen molar-refractivity contribution >= 4 is 11.9 Å². The number of carboxylic acids is 1. The molecule has 0 aromatic heterocycles. The second-order valence-corrected chi connectivity index (χ2v) is 6.44. The average Bonchev–Trinajstić information content (AvgIpc) is 2.60. The summed E-state index contributed by atoms with van der Waals surface area (Å²) in [5, 5.41) is 11.7. The van der Waals surface area contributed by atoms with E-state index in [0.717, 1.165) is 28.0 Å². The fraction of sp³-hybridized carbons (Fsp3) is 0.333. The number of hydrogen-bond donors (Lipinski definition) is 2. The summed E-state index contributed by atoms with van der Waals surface area (Å²) in [5.74, 6) is 0.0831. The first kappa shape index (κ1) is 20.3. The molecule has 2 aromatic rings. The molecule has 0 bridgehead atoms. The van der Waals surface area contributed by atoms with Crippen LogP contribution in [-0.4, -0.2) is 37.2 Å². The third-order valence-corrected chi connectivity index (χ3v) is 4.18. The maximum Gasteiger partial charge on any atom is 0.341 e. The number of aliphatic carboxylic acids is 1. The molecular formula is C21H25NO5. The number of carboxylic acid groups (broad SMARTS) is 1. The predicted molar refractivity (Wildman–Crippen MR) is 103 cm³/mol. The van der Waals surface area contributed by atoms with Crippen molar-refractivity contribution in [2.75, 3.05) is 20.3 Å². The highest BCUT2D eigenvalue weighted by atomic mass is 16.5. The smallest absolute Gasteiger partial charge is 0.341 e. The summed E-state index contributed by atoms with van der Waals surface area (Å²) in [4.78, 5) is 23.1. The average molecular weight is 371 g/mol. The molecule has 0 heterocycles. The molecule has 0 saturated carbocycles. The van der Waals surface area contributed by atoms with Gasteiger partial charge in [-0.25, -0.2) is 4.79 Å². The molecule has 0 radical (unpaired) electrons. The molecule has 0 spiro atoms. The summed E-state index contributed by atoms with van der Waals surface area (Å²) in [6.07, 6.45) is 0.661. The van der Waals surface area contributed by atoms with Crippen LogP contribution in [0, 0.1) is 20.8 Å². The highest BCUT2D eigenvalue weighted by molar-refractivity contribution is 5.94. The van der Waals surface area contributed by atoms with Crippen LogP contribution in [0.1, 0.15) is 32.6 Å². The summed E-state index contributed by atoms with van der Waals surface area (Å²) in [6, 6.07) is 9.36. The molecule has 1 amide bonds. The molecule has 2 aromatic carbocycles. The van der Waals surface area contributed by atoms with Crippen LogP contribution < -0.4 is 14.8 Å². The van der Waals surface area contributed by atoms with E-state index in [1.807, 2.05) is 25.1 Å². The van der Waals surface area contributed by atoms with Gasteiger partial charge in [0.25, 0.3) is 5.91 Å². The van der Waals surface area contributed by atoms with E-state index in [-0.39, 0.29) is 5.91 Å². The third-order valence-electron chi connectivity index (χ3n) is 4.18. The quantitative estimate of drug-likeness (QED) is 0.745. The molecule has 6 nitrogen and oxygen atoms in total. The number of carbonyl (C=O) groups is 2. The molecule has 0 fully saturated rings. The van der Waals surface area contributed by atoms with Crippen LogP contribution in [0.15, 0.2) is 30.3 Å². The molecule has 2 N–H and O–H groups in total. The molecule has 2 rings (SSSR count). The SMILES string of the molecule is COc1ccc(C)cc1CCNC(=O)c1cc(C)c(OCC(=O)O)c(C)c1. The van der Waals surface area contributed by atoms with Gasteiger partial charge < -0.3 is 19.9 Å². The van der Waals surface area contributed by atoms with Crippen LogP contribution >= 0.6 is 0 Å². The highest BCUT2D eigenvalue weighted by Gasteiger charge is 2.13. The Hall–Kier alpha value is -3.02. The minimum atomic E-state index is -1.04. The number of methoxy groups -OCH3 is 1. The van der Waals surface area contributed by atoms with Gasteiger partial charge in [0, 0.05) is 12.1 Å². The van der Waals surface area contributed by atoms with Gasteiger partial charge in [-0.1, -0.05) is 17.7 Å². The second-order valence-electron chi connectivity index (χ2n) is 6.44. The minimum Gasteiger partial charge on any atom is -0.496 e. The lowest BCUT2D eigenvalue weighted by molar-refractivity contribution is -0.139. The summed E-state index contributed by atoms with van der Waals surface area (Å²) >= 11 is 0. The van der Waals surface area contributed by atoms with E-state index in [4.69, 9.17) is 14.6 Å². The van der Waals surface area contributed by atoms with Gasteiger partial charge in [-0.2, -0.15) is 0 Å². The summed E-state index contributed by atoms with van der Waals surface area (Å²) in [5.41, 5.74) is 4.15. The Labute approximate surface area is 159 Å². The van der Waals surface area contributed by atoms with E-state index in [1.165, 1.54) is 0 Å². The molecule has 0 aliphatic carbocycles. The molecule has 6 heteroatoms. The monoisotopic (exact) mass is 371 g/mol. The van der Waals surface area contributed by atoms with Gasteiger partial charge >= 0.3 is 5.97 Å². The summed E-state index contributed by atoms with van der Waals surface area (Å²) in [6.45, 7) is 5.66. The van der Waals surface area contributed by atoms with E-state index < -0.39 is 12.6 Å². The van der Waals surface area contributed by atoms with Crippen molar-refractivity contribution in [3.05, 3.63) is 58.1 Å². The Morgan fingerprint density at radius 3 is 2.33 bits per heavy atom. The van der Waals surface area contributed by atoms with Crippen LogP contribution in [0.5, 0.6) is 11.5 Å². The van der Waals surface area contributed by atoms with Crippen LogP contribution in [-0.2, 0) is 11.2 Å². The number of aryl methyl sites for hydroxylation is 3. The van der Waals surface area contributed by atoms with Gasteiger partial charge in [0.15, 0.2) is 6.61 Å². The van der Waals surface area contributed by atoms with Crippen molar-refractivity contribution in [2.45, 2.75) is 27.2 Å². The predicted octanol–water partition coefficient (Wildman–Crippen LogP) is 3.06. The van der Waals surface area contributed by atoms with Crippen LogP contribution in [0.4, 0.5) is 0 Å². The number of ether oxygens (including phenoxy) is 2. The van der Waals surface area contributed by atoms with Crippen molar-refractivity contribution in [1.29, 1.82) is 0 Å². The van der Waals surface area contributed by atoms with Gasteiger partial charge in [0.2, 0.25) is 0 Å². The Kier molecular flexibility index (Phi) is 6.82. The van der Waals surface area contributed by atoms with Crippen LogP contribution in [0.3, 0.4) is 0 Å². The zero-order chi connectivity index (χ0) is 20.0. The lowest BCUT2D eigenvalue weighted by atomic mass is 10.0. The lowest BCUT2D eigenvalue weighted by Gasteiger charge is -2.13. The van der Waals surface area contributed by atoms with Gasteiger partial charge in [0.1, 0.15) is 11.5 Å². The normalized spacial score (nSPS) is 10.4. The van der Waals surface area contributed by atoms with E-state index in [1.54, 1.807) is 33.1 Å². The molecule has 0 aliphatic heterocycles. The molecule has 0 atom stereocenters. The molecule has 0 aliphatic rings. The van der Waals surface area contributed by atoms with E-state index in [0.29, 0.717) is 24.3 Å². The Balaban J connectivity index is 2.02. The maximum atomic E-state index is 12.5. The molecule has 0 unspecified atom stereocenters. The third kappa shape index (κ3) is 5.48. The largest absolute Gasteiger partial charge is 0.496 e. The maximum absolute atomic E-state index is 12.5. The first-order chi connectivity index (χ1) is 12.8. The number of rotatable bonds is 8. The van der Waals surface area contributed by atoms with E-state index in [2.05, 4.69) is 5.32 Å². The molecule has 0 saturated heterocycles. The van der Waals surface area contributed by atoms with Gasteiger partial charge in [0.05, 0.1) is 7.11 Å². The first-order valence-corrected chi connectivity index (χ1v) is 8.69. The van der Waals surface area contributed by atoms with Crippen LogP contribution in [0.25, 0.3) is 0 Å². The van der Waals surface area contributed by atoms with Crippen molar-refractivity contribution in [3.63, 3.8) is 0 Å². The Morgan fingerprint density at radius 2 is 1.74 bits per heavy atom. The summed E-state index contributed by atoms with van der Waals surface area (Å²) < 4.78 is 10.7. The van der Waals surface area contributed by atoms with Crippen molar-refractivity contribution in [2.24, 2.45) is 0 Å². The first-order valence-electron chi connectivity index (χ1n) is 8.69. The van der Waals surface area contributed by atoms with Crippen LogP contribution in [0.2, 0.25) is 0 Å². The van der Waals surface area contributed by atoms with Gasteiger partial charge in [-0.3, -0.25) is 4.79 Å². The topological polar surface area (TPSA) is 84.9 Å². The number of carbonyl (C=O) groups excluding carboxylic acids is 1. The van der Waals surface area contributed by atoms with E-state index >= 15 is 0 Å². The molecular weight excluding hydrogens is 346 g/mol. The highest BCUT2D eigenvalue weighted by Crippen LogP contribution is 2.25. The second kappa shape index (κ2) is 9.07. The number of benzene rings is 2. The fourth-order valence-corrected chi connectivity index (χ4v) is 2.96. The van der Waals surface area contributed by atoms with Crippen molar-refractivity contribution in [1.82, 2.24) is 5.32 Å². The Bertz CT molecular complexity index is 821. The minimum absolute atomic E-state index is 0.183. The Morgan fingerprint density at radius 1 is 1.07 bits per heavy atom. The molecule has 144 valence electrons. The number of nitrogens with one attached hydrogen (secondary N) is 1.